The molecule has 0 radical (unpaired) electrons. The van der Waals surface area contributed by atoms with E-state index in [2.05, 4.69) is 84.3 Å². The van der Waals surface area contributed by atoms with Gasteiger partial charge in [-0.25, -0.2) is 0 Å². The van der Waals surface area contributed by atoms with Crippen molar-refractivity contribution in [2.45, 2.75) is 19.9 Å². The van der Waals surface area contributed by atoms with Crippen LogP contribution >= 0.6 is 0 Å². The number of rotatable bonds is 1. The number of hydrogen-bond donors (Lipinski definition) is 0. The number of hydrogen-bond acceptors (Lipinski definition) is 0. The van der Waals surface area contributed by atoms with Crippen LogP contribution < -0.4 is 0 Å². The fourth-order valence-electron chi connectivity index (χ4n) is 4.93. The molecule has 5 aromatic rings. The zero-order valence-corrected chi connectivity index (χ0v) is 14.8. The van der Waals surface area contributed by atoms with Crippen LogP contribution in [0.2, 0.25) is 0 Å². The van der Waals surface area contributed by atoms with Gasteiger partial charge in [0.05, 0.1) is 0 Å². The third kappa shape index (κ3) is 1.65. The molecule has 0 aliphatic heterocycles. The van der Waals surface area contributed by atoms with Crippen LogP contribution in [0.1, 0.15) is 18.1 Å². The molecule has 1 heterocycles. The summed E-state index contributed by atoms with van der Waals surface area (Å²) >= 11 is 0. The van der Waals surface area contributed by atoms with Crippen LogP contribution in [0.15, 0.2) is 72.8 Å². The molecule has 0 fully saturated rings. The Labute approximate surface area is 152 Å². The third-order valence-electron chi connectivity index (χ3n) is 6.02. The minimum absolute atomic E-state index is 0.991. The van der Waals surface area contributed by atoms with Crippen LogP contribution in [-0.2, 0) is 13.0 Å². The maximum atomic E-state index is 2.45. The Balaban J connectivity index is 1.85. The Kier molecular flexibility index (Phi) is 2.71. The van der Waals surface area contributed by atoms with Crippen molar-refractivity contribution in [3.63, 3.8) is 0 Å². The van der Waals surface area contributed by atoms with Crippen molar-refractivity contribution < 1.29 is 0 Å². The second-order valence-corrected chi connectivity index (χ2v) is 7.24. The van der Waals surface area contributed by atoms with Gasteiger partial charge in [0.1, 0.15) is 0 Å². The molecule has 0 atom stereocenters. The van der Waals surface area contributed by atoms with Gasteiger partial charge < -0.3 is 4.57 Å². The molecular formula is C25H19N. The number of benzene rings is 4. The highest BCUT2D eigenvalue weighted by Gasteiger charge is 2.22. The molecule has 0 saturated heterocycles. The van der Waals surface area contributed by atoms with E-state index < -0.39 is 0 Å². The summed E-state index contributed by atoms with van der Waals surface area (Å²) in [5.74, 6) is 0. The Morgan fingerprint density at radius 1 is 0.731 bits per heavy atom. The smallest absolute Gasteiger partial charge is 0.0497 e. The van der Waals surface area contributed by atoms with Gasteiger partial charge in [-0.15, -0.1) is 0 Å². The van der Waals surface area contributed by atoms with Crippen molar-refractivity contribution in [1.29, 1.82) is 0 Å². The molecule has 0 spiro atoms. The van der Waals surface area contributed by atoms with Crippen LogP contribution in [0.3, 0.4) is 0 Å². The number of nitrogens with zero attached hydrogens (tertiary/aromatic N) is 1. The summed E-state index contributed by atoms with van der Waals surface area (Å²) in [4.78, 5) is 0. The van der Waals surface area contributed by atoms with Gasteiger partial charge in [-0.2, -0.15) is 0 Å². The molecule has 1 aliphatic rings. The van der Waals surface area contributed by atoms with Crippen molar-refractivity contribution in [3.8, 4) is 11.1 Å². The zero-order chi connectivity index (χ0) is 17.3. The van der Waals surface area contributed by atoms with Crippen molar-refractivity contribution in [1.82, 2.24) is 4.57 Å². The Morgan fingerprint density at radius 3 is 2.46 bits per heavy atom. The van der Waals surface area contributed by atoms with Crippen LogP contribution in [-0.4, -0.2) is 4.57 Å². The van der Waals surface area contributed by atoms with Crippen LogP contribution in [0.25, 0.3) is 43.7 Å². The number of aromatic nitrogens is 1. The molecule has 124 valence electrons. The summed E-state index contributed by atoms with van der Waals surface area (Å²) in [7, 11) is 0. The fourth-order valence-corrected chi connectivity index (χ4v) is 4.93. The molecule has 1 aliphatic carbocycles. The van der Waals surface area contributed by atoms with Gasteiger partial charge in [-0.3, -0.25) is 0 Å². The first-order valence-electron chi connectivity index (χ1n) is 9.40. The summed E-state index contributed by atoms with van der Waals surface area (Å²) in [5.41, 5.74) is 8.45. The number of fused-ring (bicyclic) bond motifs is 9. The van der Waals surface area contributed by atoms with Crippen molar-refractivity contribution in [2.75, 3.05) is 0 Å². The molecule has 1 nitrogen and oxygen atoms in total. The lowest BCUT2D eigenvalue weighted by atomic mass is 9.95. The van der Waals surface area contributed by atoms with E-state index in [-0.39, 0.29) is 0 Å². The molecule has 0 N–H and O–H groups in total. The lowest BCUT2D eigenvalue weighted by Gasteiger charge is -2.09. The topological polar surface area (TPSA) is 4.93 Å². The highest BCUT2D eigenvalue weighted by molar-refractivity contribution is 6.22. The number of aryl methyl sites for hydroxylation is 1. The molecule has 1 aromatic heterocycles. The Morgan fingerprint density at radius 2 is 1.54 bits per heavy atom. The highest BCUT2D eigenvalue weighted by atomic mass is 15.0. The molecule has 0 saturated carbocycles. The molecule has 4 aromatic carbocycles. The minimum atomic E-state index is 0.991. The predicted octanol–water partition coefficient (Wildman–Crippen LogP) is 6.54. The Hall–Kier alpha value is -3.06. The van der Waals surface area contributed by atoms with Gasteiger partial charge in [0.25, 0.3) is 0 Å². The van der Waals surface area contributed by atoms with E-state index in [1.165, 1.54) is 54.8 Å². The molecule has 0 unspecified atom stereocenters. The van der Waals surface area contributed by atoms with Crippen molar-refractivity contribution in [3.05, 3.63) is 83.9 Å². The Bertz CT molecular complexity index is 1340. The number of para-hydroxylation sites is 1. The van der Waals surface area contributed by atoms with Gasteiger partial charge in [-0.1, -0.05) is 60.7 Å². The largest absolute Gasteiger partial charge is 0.341 e. The SMILES string of the molecule is CCn1c2ccccc2c2c3c4c(ccc3ccc21)-c1ccccc1C4. The standard InChI is InChI=1S/C25H19N/c1-2-26-22-10-6-5-9-20(22)25-23(26)14-12-16-11-13-19-18-8-4-3-7-17(18)15-21(19)24(16)25/h3-14H,2,15H2,1H3. The second-order valence-electron chi connectivity index (χ2n) is 7.24. The van der Waals surface area contributed by atoms with E-state index in [0.717, 1.165) is 13.0 Å². The van der Waals surface area contributed by atoms with Gasteiger partial charge in [0.15, 0.2) is 0 Å². The van der Waals surface area contributed by atoms with Crippen molar-refractivity contribution in [2.24, 2.45) is 0 Å². The summed E-state index contributed by atoms with van der Waals surface area (Å²) in [6.07, 6.45) is 1.04. The first kappa shape index (κ1) is 14.1. The fraction of sp³-hybridized carbons (Fsp3) is 0.120. The quantitative estimate of drug-likeness (QED) is 0.322. The van der Waals surface area contributed by atoms with Gasteiger partial charge in [0.2, 0.25) is 0 Å². The maximum absolute atomic E-state index is 2.45. The van der Waals surface area contributed by atoms with E-state index in [9.17, 15) is 0 Å². The highest BCUT2D eigenvalue weighted by Crippen LogP contribution is 2.44. The summed E-state index contributed by atoms with van der Waals surface area (Å²) in [5, 5.41) is 5.59. The lowest BCUT2D eigenvalue weighted by Crippen LogP contribution is -1.93. The normalized spacial score (nSPS) is 12.8. The van der Waals surface area contributed by atoms with Crippen LogP contribution in [0.5, 0.6) is 0 Å². The molecule has 1 heteroatoms. The first-order valence-corrected chi connectivity index (χ1v) is 9.40. The van der Waals surface area contributed by atoms with E-state index in [1.807, 2.05) is 0 Å². The molecule has 26 heavy (non-hydrogen) atoms. The maximum Gasteiger partial charge on any atom is 0.0497 e. The van der Waals surface area contributed by atoms with Gasteiger partial charge in [0, 0.05) is 28.4 Å². The van der Waals surface area contributed by atoms with E-state index >= 15 is 0 Å². The van der Waals surface area contributed by atoms with E-state index in [1.54, 1.807) is 0 Å². The third-order valence-corrected chi connectivity index (χ3v) is 6.02. The van der Waals surface area contributed by atoms with Crippen LogP contribution in [0, 0.1) is 0 Å². The predicted molar refractivity (Wildman–Crippen MR) is 111 cm³/mol. The molecule has 0 amide bonds. The van der Waals surface area contributed by atoms with Gasteiger partial charge in [-0.05, 0) is 58.5 Å². The van der Waals surface area contributed by atoms with E-state index in [0.29, 0.717) is 0 Å². The minimum Gasteiger partial charge on any atom is -0.341 e. The summed E-state index contributed by atoms with van der Waals surface area (Å²) < 4.78 is 2.45. The van der Waals surface area contributed by atoms with Gasteiger partial charge >= 0.3 is 0 Å². The lowest BCUT2D eigenvalue weighted by molar-refractivity contribution is 0.827. The zero-order valence-electron chi connectivity index (χ0n) is 14.8. The summed E-state index contributed by atoms with van der Waals surface area (Å²) in [6, 6.07) is 26.9. The van der Waals surface area contributed by atoms with Crippen LogP contribution in [0.4, 0.5) is 0 Å². The monoisotopic (exact) mass is 333 g/mol. The average Bonchev–Trinajstić information content (AvgIpc) is 3.23. The first-order chi connectivity index (χ1) is 12.9. The second kappa shape index (κ2) is 4.98. The summed E-state index contributed by atoms with van der Waals surface area (Å²) in [6.45, 7) is 3.23. The molecule has 6 rings (SSSR count). The van der Waals surface area contributed by atoms with E-state index in [4.69, 9.17) is 0 Å². The molecule has 0 bridgehead atoms. The van der Waals surface area contributed by atoms with Crippen molar-refractivity contribution >= 4 is 32.6 Å². The molecular weight excluding hydrogens is 314 g/mol. The average molecular weight is 333 g/mol.